The van der Waals surface area contributed by atoms with Crippen molar-refractivity contribution in [3.8, 4) is 11.5 Å². The van der Waals surface area contributed by atoms with Crippen LogP contribution < -0.4 is 15.2 Å². The van der Waals surface area contributed by atoms with Crippen molar-refractivity contribution >= 4 is 0 Å². The van der Waals surface area contributed by atoms with E-state index in [4.69, 9.17) is 15.2 Å². The zero-order valence-corrected chi connectivity index (χ0v) is 12.6. The Morgan fingerprint density at radius 3 is 2.86 bits per heavy atom. The van der Waals surface area contributed by atoms with Gasteiger partial charge in [-0.25, -0.2) is 9.67 Å². The van der Waals surface area contributed by atoms with Crippen molar-refractivity contribution in [1.82, 2.24) is 14.8 Å². The summed E-state index contributed by atoms with van der Waals surface area (Å²) in [7, 11) is 1.63. The fourth-order valence-electron chi connectivity index (χ4n) is 2.10. The molecule has 0 fully saturated rings. The average molecular weight is 290 g/mol. The standard InChI is InChI=1S/C15H22N4O2/c1-3-8-19-15(17-11-18-19)10-21-14-9-12(6-7-16)4-5-13(14)20-2/h4-5,9,11H,3,6-8,10,16H2,1-2H3. The first kappa shape index (κ1) is 15.3. The smallest absolute Gasteiger partial charge is 0.164 e. The summed E-state index contributed by atoms with van der Waals surface area (Å²) < 4.78 is 13.0. The highest BCUT2D eigenvalue weighted by atomic mass is 16.5. The van der Waals surface area contributed by atoms with Crippen molar-refractivity contribution in [3.05, 3.63) is 35.9 Å². The van der Waals surface area contributed by atoms with Crippen LogP contribution in [0.15, 0.2) is 24.5 Å². The fraction of sp³-hybridized carbons (Fsp3) is 0.467. The van der Waals surface area contributed by atoms with Crippen LogP contribution in [0, 0.1) is 0 Å². The predicted molar refractivity (Wildman–Crippen MR) is 80.4 cm³/mol. The first-order chi connectivity index (χ1) is 10.3. The topological polar surface area (TPSA) is 75.2 Å². The highest BCUT2D eigenvalue weighted by molar-refractivity contribution is 5.43. The summed E-state index contributed by atoms with van der Waals surface area (Å²) >= 11 is 0. The first-order valence-electron chi connectivity index (χ1n) is 7.15. The predicted octanol–water partition coefficient (Wildman–Crippen LogP) is 1.78. The van der Waals surface area contributed by atoms with Crippen LogP contribution in [0.25, 0.3) is 0 Å². The van der Waals surface area contributed by atoms with E-state index in [9.17, 15) is 0 Å². The molecule has 2 rings (SSSR count). The molecule has 1 aromatic carbocycles. The van der Waals surface area contributed by atoms with Gasteiger partial charge in [0.15, 0.2) is 17.3 Å². The number of benzene rings is 1. The Hall–Kier alpha value is -2.08. The van der Waals surface area contributed by atoms with Crippen LogP contribution in [-0.2, 0) is 19.6 Å². The Morgan fingerprint density at radius 2 is 2.14 bits per heavy atom. The molecule has 21 heavy (non-hydrogen) atoms. The second kappa shape index (κ2) is 7.64. The molecule has 1 aromatic heterocycles. The maximum absolute atomic E-state index is 5.86. The average Bonchev–Trinajstić information content (AvgIpc) is 2.93. The van der Waals surface area contributed by atoms with E-state index in [-0.39, 0.29) is 0 Å². The molecule has 0 saturated heterocycles. The monoisotopic (exact) mass is 290 g/mol. The van der Waals surface area contributed by atoms with Crippen LogP contribution in [0.1, 0.15) is 24.7 Å². The fourth-order valence-corrected chi connectivity index (χ4v) is 2.10. The molecule has 6 nitrogen and oxygen atoms in total. The summed E-state index contributed by atoms with van der Waals surface area (Å²) in [4.78, 5) is 4.23. The molecule has 2 aromatic rings. The van der Waals surface area contributed by atoms with Crippen LogP contribution in [0.4, 0.5) is 0 Å². The van der Waals surface area contributed by atoms with Gasteiger partial charge < -0.3 is 15.2 Å². The van der Waals surface area contributed by atoms with Crippen LogP contribution >= 0.6 is 0 Å². The Morgan fingerprint density at radius 1 is 1.29 bits per heavy atom. The third-order valence-electron chi connectivity index (χ3n) is 3.15. The zero-order chi connectivity index (χ0) is 15.1. The van der Waals surface area contributed by atoms with E-state index in [1.54, 1.807) is 13.4 Å². The van der Waals surface area contributed by atoms with Gasteiger partial charge in [0.05, 0.1) is 7.11 Å². The van der Waals surface area contributed by atoms with Crippen molar-refractivity contribution < 1.29 is 9.47 Å². The van der Waals surface area contributed by atoms with Crippen molar-refractivity contribution in [2.75, 3.05) is 13.7 Å². The summed E-state index contributed by atoms with van der Waals surface area (Å²) in [6.07, 6.45) is 3.37. The second-order valence-electron chi connectivity index (χ2n) is 4.71. The van der Waals surface area contributed by atoms with E-state index < -0.39 is 0 Å². The van der Waals surface area contributed by atoms with E-state index in [0.717, 1.165) is 30.8 Å². The summed E-state index contributed by atoms with van der Waals surface area (Å²) in [6.45, 7) is 3.91. The Bertz CT molecular complexity index is 569. The summed E-state index contributed by atoms with van der Waals surface area (Å²) in [5.41, 5.74) is 6.72. The summed E-state index contributed by atoms with van der Waals surface area (Å²) in [5.74, 6) is 2.22. The molecule has 114 valence electrons. The van der Waals surface area contributed by atoms with Crippen molar-refractivity contribution in [3.63, 3.8) is 0 Å². The molecule has 1 heterocycles. The lowest BCUT2D eigenvalue weighted by Gasteiger charge is -2.12. The number of aryl methyl sites for hydroxylation is 1. The number of hydrogen-bond donors (Lipinski definition) is 1. The SMILES string of the molecule is CCCn1ncnc1COc1cc(CCN)ccc1OC. The van der Waals surface area contributed by atoms with Gasteiger partial charge in [-0.05, 0) is 37.1 Å². The third kappa shape index (κ3) is 3.95. The molecule has 0 unspecified atom stereocenters. The second-order valence-corrected chi connectivity index (χ2v) is 4.71. The van der Waals surface area contributed by atoms with E-state index in [1.807, 2.05) is 22.9 Å². The molecular weight excluding hydrogens is 268 g/mol. The molecule has 0 amide bonds. The molecule has 0 aliphatic heterocycles. The maximum atomic E-state index is 5.86. The number of nitrogens with two attached hydrogens (primary N) is 1. The Kier molecular flexibility index (Phi) is 5.57. The van der Waals surface area contributed by atoms with Crippen LogP contribution in [0.3, 0.4) is 0 Å². The minimum absolute atomic E-state index is 0.364. The van der Waals surface area contributed by atoms with Gasteiger partial charge in [-0.1, -0.05) is 13.0 Å². The van der Waals surface area contributed by atoms with Crippen LogP contribution in [0.2, 0.25) is 0 Å². The van der Waals surface area contributed by atoms with E-state index in [1.165, 1.54) is 0 Å². The lowest BCUT2D eigenvalue weighted by atomic mass is 10.1. The number of rotatable bonds is 8. The van der Waals surface area contributed by atoms with Gasteiger partial charge in [0.25, 0.3) is 0 Å². The van der Waals surface area contributed by atoms with E-state index in [0.29, 0.717) is 24.7 Å². The molecule has 6 heteroatoms. The number of nitrogens with zero attached hydrogens (tertiary/aromatic N) is 3. The minimum atomic E-state index is 0.364. The molecule has 0 aliphatic carbocycles. The largest absolute Gasteiger partial charge is 0.493 e. The van der Waals surface area contributed by atoms with Crippen molar-refractivity contribution in [2.24, 2.45) is 5.73 Å². The lowest BCUT2D eigenvalue weighted by molar-refractivity contribution is 0.268. The maximum Gasteiger partial charge on any atom is 0.164 e. The van der Waals surface area contributed by atoms with E-state index in [2.05, 4.69) is 17.0 Å². The summed E-state index contributed by atoms with van der Waals surface area (Å²) in [5, 5.41) is 4.19. The minimum Gasteiger partial charge on any atom is -0.493 e. The quantitative estimate of drug-likeness (QED) is 0.802. The van der Waals surface area contributed by atoms with E-state index >= 15 is 0 Å². The van der Waals surface area contributed by atoms with Gasteiger partial charge in [0, 0.05) is 6.54 Å². The number of ether oxygens (including phenoxy) is 2. The highest BCUT2D eigenvalue weighted by Crippen LogP contribution is 2.28. The lowest BCUT2D eigenvalue weighted by Crippen LogP contribution is -2.09. The third-order valence-corrected chi connectivity index (χ3v) is 3.15. The van der Waals surface area contributed by atoms with Crippen molar-refractivity contribution in [1.29, 1.82) is 0 Å². The van der Waals surface area contributed by atoms with Gasteiger partial charge in [-0.15, -0.1) is 0 Å². The number of methoxy groups -OCH3 is 1. The molecule has 0 saturated carbocycles. The van der Waals surface area contributed by atoms with Gasteiger partial charge in [-0.2, -0.15) is 5.10 Å². The first-order valence-corrected chi connectivity index (χ1v) is 7.15. The van der Waals surface area contributed by atoms with Crippen LogP contribution in [-0.4, -0.2) is 28.4 Å². The van der Waals surface area contributed by atoms with Gasteiger partial charge >= 0.3 is 0 Å². The zero-order valence-electron chi connectivity index (χ0n) is 12.6. The van der Waals surface area contributed by atoms with Gasteiger partial charge in [0.2, 0.25) is 0 Å². The Balaban J connectivity index is 2.10. The van der Waals surface area contributed by atoms with Gasteiger partial charge in [0.1, 0.15) is 12.9 Å². The Labute approximate surface area is 124 Å². The number of hydrogen-bond acceptors (Lipinski definition) is 5. The van der Waals surface area contributed by atoms with Crippen LogP contribution in [0.5, 0.6) is 11.5 Å². The van der Waals surface area contributed by atoms with Gasteiger partial charge in [-0.3, -0.25) is 0 Å². The molecule has 0 aliphatic rings. The summed E-state index contributed by atoms with van der Waals surface area (Å²) in [6, 6.07) is 5.86. The molecule has 0 atom stereocenters. The normalized spacial score (nSPS) is 10.6. The highest BCUT2D eigenvalue weighted by Gasteiger charge is 2.09. The van der Waals surface area contributed by atoms with Crippen molar-refractivity contribution in [2.45, 2.75) is 32.9 Å². The molecule has 0 radical (unpaired) electrons. The molecule has 2 N–H and O–H groups in total. The molecular formula is C15H22N4O2. The molecule has 0 spiro atoms. The molecule has 0 bridgehead atoms. The number of aromatic nitrogens is 3.